The van der Waals surface area contributed by atoms with Crippen LogP contribution in [0.25, 0.3) is 0 Å². The first-order valence-electron chi connectivity index (χ1n) is 9.12. The number of ether oxygens (including phenoxy) is 2. The fraction of sp³-hybridized carbons (Fsp3) is 0.450. The van der Waals surface area contributed by atoms with Gasteiger partial charge < -0.3 is 19.2 Å². The molecule has 140 valence electrons. The van der Waals surface area contributed by atoms with Gasteiger partial charge in [0.25, 0.3) is 0 Å². The molecule has 26 heavy (non-hydrogen) atoms. The lowest BCUT2D eigenvalue weighted by Crippen LogP contribution is -2.43. The highest BCUT2D eigenvalue weighted by atomic mass is 16.5. The lowest BCUT2D eigenvalue weighted by Gasteiger charge is -2.33. The molecule has 1 unspecified atom stereocenters. The van der Waals surface area contributed by atoms with Crippen molar-refractivity contribution in [3.05, 3.63) is 54.5 Å². The van der Waals surface area contributed by atoms with E-state index in [0.29, 0.717) is 39.2 Å². The average molecular weight is 358 g/mol. The van der Waals surface area contributed by atoms with Crippen LogP contribution in [0.4, 0.5) is 0 Å². The van der Waals surface area contributed by atoms with Crippen LogP contribution in [-0.4, -0.2) is 50.3 Å². The van der Waals surface area contributed by atoms with Gasteiger partial charge in [0, 0.05) is 26.1 Å². The Bertz CT molecular complexity index is 639. The topological polar surface area (TPSA) is 63.9 Å². The van der Waals surface area contributed by atoms with Gasteiger partial charge in [-0.15, -0.1) is 0 Å². The lowest BCUT2D eigenvalue weighted by molar-refractivity contribution is -0.121. The summed E-state index contributed by atoms with van der Waals surface area (Å²) < 4.78 is 16.6. The zero-order valence-corrected chi connectivity index (χ0v) is 14.9. The maximum atomic E-state index is 12.2. The molecule has 2 heterocycles. The monoisotopic (exact) mass is 358 g/mol. The quantitative estimate of drug-likeness (QED) is 0.698. The van der Waals surface area contributed by atoms with E-state index in [-0.39, 0.29) is 11.9 Å². The number of amides is 1. The van der Waals surface area contributed by atoms with Gasteiger partial charge in [-0.25, -0.2) is 0 Å². The van der Waals surface area contributed by atoms with Crippen LogP contribution in [0.15, 0.2) is 53.1 Å². The Balaban J connectivity index is 1.41. The van der Waals surface area contributed by atoms with Crippen molar-refractivity contribution in [1.29, 1.82) is 0 Å². The standard InChI is InChI=1S/C20H26N2O4/c23-20(9-5-12-25-17-6-2-1-3-7-17)21-16-18(19-8-4-13-26-19)22-10-14-24-15-11-22/h1-4,6-8,13,18H,5,9-12,14-16H2,(H,21,23). The molecule has 1 atom stereocenters. The second-order valence-corrected chi connectivity index (χ2v) is 6.25. The molecule has 1 fully saturated rings. The SMILES string of the molecule is O=C(CCCOc1ccccc1)NCC(c1ccco1)N1CCOCC1. The molecule has 1 aromatic heterocycles. The Hall–Kier alpha value is -2.31. The summed E-state index contributed by atoms with van der Waals surface area (Å²) in [5.41, 5.74) is 0. The first kappa shape index (κ1) is 18.5. The van der Waals surface area contributed by atoms with Crippen LogP contribution in [0.2, 0.25) is 0 Å². The molecule has 1 amide bonds. The van der Waals surface area contributed by atoms with Crippen molar-refractivity contribution in [3.63, 3.8) is 0 Å². The van der Waals surface area contributed by atoms with Gasteiger partial charge in [-0.05, 0) is 30.7 Å². The Morgan fingerprint density at radius 2 is 1.96 bits per heavy atom. The molecule has 1 aromatic carbocycles. The van der Waals surface area contributed by atoms with E-state index in [9.17, 15) is 4.79 Å². The molecule has 0 aliphatic carbocycles. The Morgan fingerprint density at radius 1 is 1.15 bits per heavy atom. The molecule has 1 saturated heterocycles. The summed E-state index contributed by atoms with van der Waals surface area (Å²) in [6, 6.07) is 13.5. The number of nitrogens with zero attached hydrogens (tertiary/aromatic N) is 1. The summed E-state index contributed by atoms with van der Waals surface area (Å²) in [5.74, 6) is 1.74. The van der Waals surface area contributed by atoms with Crippen LogP contribution in [0.1, 0.15) is 24.6 Å². The summed E-state index contributed by atoms with van der Waals surface area (Å²) in [6.07, 6.45) is 2.80. The molecule has 0 spiro atoms. The van der Waals surface area contributed by atoms with E-state index in [2.05, 4.69) is 10.2 Å². The van der Waals surface area contributed by atoms with E-state index in [1.54, 1.807) is 6.26 Å². The van der Waals surface area contributed by atoms with Gasteiger partial charge in [-0.3, -0.25) is 9.69 Å². The highest BCUT2D eigenvalue weighted by Gasteiger charge is 2.25. The van der Waals surface area contributed by atoms with Crippen LogP contribution in [-0.2, 0) is 9.53 Å². The van der Waals surface area contributed by atoms with Crippen molar-refractivity contribution in [3.8, 4) is 5.75 Å². The second kappa shape index (κ2) is 9.99. The Labute approximate surface area is 154 Å². The number of nitrogens with one attached hydrogen (secondary N) is 1. The molecule has 0 saturated carbocycles. The molecule has 0 bridgehead atoms. The third-order valence-electron chi connectivity index (χ3n) is 4.41. The third-order valence-corrected chi connectivity index (χ3v) is 4.41. The highest BCUT2D eigenvalue weighted by molar-refractivity contribution is 5.75. The molecule has 1 aliphatic heterocycles. The van der Waals surface area contributed by atoms with E-state index in [4.69, 9.17) is 13.9 Å². The predicted molar refractivity (Wildman–Crippen MR) is 98.0 cm³/mol. The molecule has 1 N–H and O–H groups in total. The van der Waals surface area contributed by atoms with Crippen LogP contribution in [0.3, 0.4) is 0 Å². The molecular formula is C20H26N2O4. The number of carbonyl (C=O) groups excluding carboxylic acids is 1. The highest BCUT2D eigenvalue weighted by Crippen LogP contribution is 2.21. The Kier molecular flexibility index (Phi) is 7.10. The smallest absolute Gasteiger partial charge is 0.220 e. The van der Waals surface area contributed by atoms with Crippen molar-refractivity contribution >= 4 is 5.91 Å². The number of rotatable bonds is 9. The van der Waals surface area contributed by atoms with Gasteiger partial charge in [0.2, 0.25) is 5.91 Å². The van der Waals surface area contributed by atoms with Crippen LogP contribution >= 0.6 is 0 Å². The summed E-state index contributed by atoms with van der Waals surface area (Å²) in [4.78, 5) is 14.5. The van der Waals surface area contributed by atoms with Crippen molar-refractivity contribution in [2.75, 3.05) is 39.5 Å². The number of hydrogen-bond donors (Lipinski definition) is 1. The molecule has 6 nitrogen and oxygen atoms in total. The Morgan fingerprint density at radius 3 is 2.69 bits per heavy atom. The van der Waals surface area contributed by atoms with E-state index in [1.165, 1.54) is 0 Å². The summed E-state index contributed by atoms with van der Waals surface area (Å²) in [7, 11) is 0. The molecule has 1 aliphatic rings. The van der Waals surface area contributed by atoms with Crippen molar-refractivity contribution in [2.45, 2.75) is 18.9 Å². The normalized spacial score (nSPS) is 16.2. The summed E-state index contributed by atoms with van der Waals surface area (Å²) >= 11 is 0. The largest absolute Gasteiger partial charge is 0.494 e. The molecule has 3 rings (SSSR count). The first-order chi connectivity index (χ1) is 12.8. The minimum atomic E-state index is 0.0338. The fourth-order valence-electron chi connectivity index (χ4n) is 3.02. The number of carbonyl (C=O) groups is 1. The number of hydrogen-bond acceptors (Lipinski definition) is 5. The fourth-order valence-corrected chi connectivity index (χ4v) is 3.02. The van der Waals surface area contributed by atoms with Gasteiger partial charge in [0.05, 0.1) is 32.1 Å². The van der Waals surface area contributed by atoms with Crippen LogP contribution in [0.5, 0.6) is 5.75 Å². The molecular weight excluding hydrogens is 332 g/mol. The zero-order chi connectivity index (χ0) is 18.0. The third kappa shape index (κ3) is 5.61. The number of furan rings is 1. The number of para-hydroxylation sites is 1. The van der Waals surface area contributed by atoms with E-state index >= 15 is 0 Å². The predicted octanol–water partition coefficient (Wildman–Crippen LogP) is 2.63. The van der Waals surface area contributed by atoms with Gasteiger partial charge in [-0.1, -0.05) is 18.2 Å². The van der Waals surface area contributed by atoms with E-state index in [1.807, 2.05) is 42.5 Å². The summed E-state index contributed by atoms with van der Waals surface area (Å²) in [6.45, 7) is 4.16. The molecule has 2 aromatic rings. The number of benzene rings is 1. The van der Waals surface area contributed by atoms with Gasteiger partial charge in [0.1, 0.15) is 11.5 Å². The van der Waals surface area contributed by atoms with E-state index < -0.39 is 0 Å². The summed E-state index contributed by atoms with van der Waals surface area (Å²) in [5, 5.41) is 3.03. The maximum absolute atomic E-state index is 12.2. The first-order valence-corrected chi connectivity index (χ1v) is 9.12. The minimum Gasteiger partial charge on any atom is -0.494 e. The van der Waals surface area contributed by atoms with Crippen molar-refractivity contribution < 1.29 is 18.7 Å². The van der Waals surface area contributed by atoms with Crippen LogP contribution in [0, 0.1) is 0 Å². The van der Waals surface area contributed by atoms with Gasteiger partial charge in [0.15, 0.2) is 0 Å². The van der Waals surface area contributed by atoms with Gasteiger partial charge in [-0.2, -0.15) is 0 Å². The molecule has 6 heteroatoms. The van der Waals surface area contributed by atoms with Crippen LogP contribution < -0.4 is 10.1 Å². The second-order valence-electron chi connectivity index (χ2n) is 6.25. The van der Waals surface area contributed by atoms with E-state index in [0.717, 1.165) is 24.6 Å². The van der Waals surface area contributed by atoms with Gasteiger partial charge >= 0.3 is 0 Å². The maximum Gasteiger partial charge on any atom is 0.220 e. The minimum absolute atomic E-state index is 0.0338. The van der Waals surface area contributed by atoms with Crippen molar-refractivity contribution in [1.82, 2.24) is 10.2 Å². The van der Waals surface area contributed by atoms with Crippen molar-refractivity contribution in [2.24, 2.45) is 0 Å². The number of morpholine rings is 1. The molecule has 0 radical (unpaired) electrons. The zero-order valence-electron chi connectivity index (χ0n) is 14.9. The average Bonchev–Trinajstić information content (AvgIpc) is 3.22. The lowest BCUT2D eigenvalue weighted by atomic mass is 10.1.